The van der Waals surface area contributed by atoms with Gasteiger partial charge in [0, 0.05) is 25.6 Å². The Balaban J connectivity index is 0.00000220. The van der Waals surface area contributed by atoms with Gasteiger partial charge in [-0.05, 0) is 30.9 Å². The highest BCUT2D eigenvalue weighted by atomic mass is 127. The van der Waals surface area contributed by atoms with Crippen LogP contribution in [-0.2, 0) is 6.42 Å². The minimum absolute atomic E-state index is 0. The Labute approximate surface area is 145 Å². The molecule has 0 saturated heterocycles. The molecule has 2 N–H and O–H groups in total. The van der Waals surface area contributed by atoms with Gasteiger partial charge in [-0.2, -0.15) is 0 Å². The lowest BCUT2D eigenvalue weighted by molar-refractivity contribution is 0.505. The van der Waals surface area contributed by atoms with Crippen LogP contribution in [0.3, 0.4) is 0 Å². The van der Waals surface area contributed by atoms with Crippen LogP contribution in [0.4, 0.5) is 0 Å². The molecule has 1 aliphatic carbocycles. The number of aliphatic imine (C=N–C) groups is 1. The van der Waals surface area contributed by atoms with Crippen molar-refractivity contribution in [2.24, 2.45) is 10.9 Å². The molecule has 0 amide bonds. The minimum Gasteiger partial charge on any atom is -0.469 e. The first-order valence-electron chi connectivity index (χ1n) is 7.81. The highest BCUT2D eigenvalue weighted by molar-refractivity contribution is 14.0. The molecular weight excluding hydrogens is 377 g/mol. The van der Waals surface area contributed by atoms with Gasteiger partial charge in [0.05, 0.1) is 6.26 Å². The summed E-state index contributed by atoms with van der Waals surface area (Å²) >= 11 is 0. The van der Waals surface area contributed by atoms with Crippen molar-refractivity contribution in [3.63, 3.8) is 0 Å². The van der Waals surface area contributed by atoms with Crippen LogP contribution in [0.1, 0.15) is 45.3 Å². The summed E-state index contributed by atoms with van der Waals surface area (Å²) in [7, 11) is 0. The van der Waals surface area contributed by atoms with Gasteiger partial charge < -0.3 is 15.1 Å². The molecule has 1 heterocycles. The predicted octanol–water partition coefficient (Wildman–Crippen LogP) is 3.57. The summed E-state index contributed by atoms with van der Waals surface area (Å²) in [5.74, 6) is 2.56. The van der Waals surface area contributed by atoms with E-state index in [-0.39, 0.29) is 24.0 Å². The molecular formula is C16H28IN3O. The van der Waals surface area contributed by atoms with Crippen LogP contribution in [-0.4, -0.2) is 25.1 Å². The average molecular weight is 405 g/mol. The van der Waals surface area contributed by atoms with Crippen LogP contribution in [0.2, 0.25) is 0 Å². The van der Waals surface area contributed by atoms with Crippen LogP contribution < -0.4 is 10.6 Å². The van der Waals surface area contributed by atoms with Crippen LogP contribution >= 0.6 is 24.0 Å². The number of furan rings is 1. The monoisotopic (exact) mass is 405 g/mol. The molecule has 5 heteroatoms. The normalized spacial score (nSPS) is 16.0. The van der Waals surface area contributed by atoms with E-state index in [1.807, 2.05) is 12.1 Å². The molecule has 0 spiro atoms. The predicted molar refractivity (Wildman–Crippen MR) is 98.4 cm³/mol. The average Bonchev–Trinajstić information content (AvgIpc) is 3.08. The van der Waals surface area contributed by atoms with Crippen LogP contribution in [0, 0.1) is 5.92 Å². The molecule has 120 valence electrons. The number of hydrogen-bond donors (Lipinski definition) is 2. The van der Waals surface area contributed by atoms with E-state index in [4.69, 9.17) is 4.42 Å². The van der Waals surface area contributed by atoms with E-state index in [0.717, 1.165) is 31.2 Å². The zero-order valence-corrected chi connectivity index (χ0v) is 15.4. The molecule has 21 heavy (non-hydrogen) atoms. The van der Waals surface area contributed by atoms with Gasteiger partial charge in [0.25, 0.3) is 0 Å². The van der Waals surface area contributed by atoms with Crippen molar-refractivity contribution < 1.29 is 4.42 Å². The first-order chi connectivity index (χ1) is 9.74. The lowest BCUT2D eigenvalue weighted by atomic mass is 10.2. The number of halogens is 1. The summed E-state index contributed by atoms with van der Waals surface area (Å²) < 4.78 is 5.35. The molecule has 1 aromatic heterocycles. The lowest BCUT2D eigenvalue weighted by Gasteiger charge is -2.17. The van der Waals surface area contributed by atoms with Crippen LogP contribution in [0.5, 0.6) is 0 Å². The SMILES string of the molecule is CC(C)CN=C(NCCc1ccco1)NC1CCCC1.I. The third kappa shape index (κ3) is 7.20. The molecule has 1 aromatic rings. The Kier molecular flexibility index (Phi) is 8.80. The fourth-order valence-electron chi connectivity index (χ4n) is 2.45. The van der Waals surface area contributed by atoms with Crippen molar-refractivity contribution >= 4 is 29.9 Å². The van der Waals surface area contributed by atoms with Gasteiger partial charge in [-0.3, -0.25) is 4.99 Å². The van der Waals surface area contributed by atoms with Gasteiger partial charge in [-0.25, -0.2) is 0 Å². The van der Waals surface area contributed by atoms with Crippen LogP contribution in [0.25, 0.3) is 0 Å². The van der Waals surface area contributed by atoms with Crippen molar-refractivity contribution in [2.75, 3.05) is 13.1 Å². The van der Waals surface area contributed by atoms with Crippen molar-refractivity contribution in [2.45, 2.75) is 52.0 Å². The van der Waals surface area contributed by atoms with Gasteiger partial charge in [-0.15, -0.1) is 24.0 Å². The smallest absolute Gasteiger partial charge is 0.191 e. The Morgan fingerprint density at radius 1 is 1.38 bits per heavy atom. The maximum absolute atomic E-state index is 5.35. The maximum Gasteiger partial charge on any atom is 0.191 e. The zero-order chi connectivity index (χ0) is 14.2. The highest BCUT2D eigenvalue weighted by Gasteiger charge is 2.16. The molecule has 0 aromatic carbocycles. The fraction of sp³-hybridized carbons (Fsp3) is 0.688. The zero-order valence-electron chi connectivity index (χ0n) is 13.1. The summed E-state index contributed by atoms with van der Waals surface area (Å²) in [4.78, 5) is 4.67. The van der Waals surface area contributed by atoms with E-state index in [0.29, 0.717) is 12.0 Å². The van der Waals surface area contributed by atoms with Crippen LogP contribution in [0.15, 0.2) is 27.8 Å². The summed E-state index contributed by atoms with van der Waals surface area (Å²) in [6.07, 6.45) is 7.81. The Bertz CT molecular complexity index is 398. The van der Waals surface area contributed by atoms with Gasteiger partial charge in [0.1, 0.15) is 5.76 Å². The standard InChI is InChI=1S/C16H27N3O.HI/c1-13(2)12-18-16(19-14-6-3-4-7-14)17-10-9-15-8-5-11-20-15;/h5,8,11,13-14H,3-4,6-7,9-10,12H2,1-2H3,(H2,17,18,19);1H. The fourth-order valence-corrected chi connectivity index (χ4v) is 2.45. The number of rotatable bonds is 6. The van der Waals surface area contributed by atoms with E-state index >= 15 is 0 Å². The largest absolute Gasteiger partial charge is 0.469 e. The number of guanidine groups is 1. The second-order valence-electron chi connectivity index (χ2n) is 5.96. The number of hydrogen-bond acceptors (Lipinski definition) is 2. The van der Waals surface area contributed by atoms with Crippen molar-refractivity contribution in [1.82, 2.24) is 10.6 Å². The third-order valence-electron chi connectivity index (χ3n) is 3.55. The van der Waals surface area contributed by atoms with E-state index in [9.17, 15) is 0 Å². The first-order valence-corrected chi connectivity index (χ1v) is 7.81. The van der Waals surface area contributed by atoms with E-state index in [1.165, 1.54) is 25.7 Å². The molecule has 2 rings (SSSR count). The Hall–Kier alpha value is -0.720. The molecule has 1 saturated carbocycles. The molecule has 0 radical (unpaired) electrons. The molecule has 0 unspecified atom stereocenters. The maximum atomic E-state index is 5.35. The highest BCUT2D eigenvalue weighted by Crippen LogP contribution is 2.17. The third-order valence-corrected chi connectivity index (χ3v) is 3.55. The van der Waals surface area contributed by atoms with Crippen molar-refractivity contribution in [3.05, 3.63) is 24.2 Å². The van der Waals surface area contributed by atoms with Gasteiger partial charge in [0.2, 0.25) is 0 Å². The van der Waals surface area contributed by atoms with Gasteiger partial charge >= 0.3 is 0 Å². The second kappa shape index (κ2) is 10.1. The molecule has 1 aliphatic rings. The summed E-state index contributed by atoms with van der Waals surface area (Å²) in [6.45, 7) is 6.10. The van der Waals surface area contributed by atoms with Crippen molar-refractivity contribution in [3.8, 4) is 0 Å². The molecule has 0 atom stereocenters. The Morgan fingerprint density at radius 2 is 2.14 bits per heavy atom. The molecule has 0 aliphatic heterocycles. The topological polar surface area (TPSA) is 49.6 Å². The quantitative estimate of drug-likeness (QED) is 0.432. The van der Waals surface area contributed by atoms with Crippen molar-refractivity contribution in [1.29, 1.82) is 0 Å². The minimum atomic E-state index is 0. The number of nitrogens with one attached hydrogen (secondary N) is 2. The summed E-state index contributed by atoms with van der Waals surface area (Å²) in [6, 6.07) is 4.54. The first kappa shape index (κ1) is 18.3. The summed E-state index contributed by atoms with van der Waals surface area (Å²) in [5, 5.41) is 6.98. The van der Waals surface area contributed by atoms with E-state index in [2.05, 4.69) is 29.5 Å². The van der Waals surface area contributed by atoms with Gasteiger partial charge in [-0.1, -0.05) is 26.7 Å². The number of nitrogens with zero attached hydrogens (tertiary/aromatic N) is 1. The molecule has 4 nitrogen and oxygen atoms in total. The van der Waals surface area contributed by atoms with E-state index < -0.39 is 0 Å². The summed E-state index contributed by atoms with van der Waals surface area (Å²) in [5.41, 5.74) is 0. The van der Waals surface area contributed by atoms with Gasteiger partial charge in [0.15, 0.2) is 5.96 Å². The Morgan fingerprint density at radius 3 is 2.76 bits per heavy atom. The molecule has 1 fully saturated rings. The second-order valence-corrected chi connectivity index (χ2v) is 5.96. The molecule has 0 bridgehead atoms. The van der Waals surface area contributed by atoms with E-state index in [1.54, 1.807) is 6.26 Å². The lowest BCUT2D eigenvalue weighted by Crippen LogP contribution is -2.43.